The third kappa shape index (κ3) is 6.90. The fourth-order valence-corrected chi connectivity index (χ4v) is 3.67. The Hall–Kier alpha value is -4.19. The van der Waals surface area contributed by atoms with Gasteiger partial charge < -0.3 is 16.4 Å². The van der Waals surface area contributed by atoms with Gasteiger partial charge in [-0.1, -0.05) is 19.2 Å². The zero-order valence-electron chi connectivity index (χ0n) is 21.0. The molecule has 180 valence electrons. The van der Waals surface area contributed by atoms with Crippen molar-refractivity contribution < 1.29 is 0 Å². The van der Waals surface area contributed by atoms with Gasteiger partial charge in [-0.3, -0.25) is 15.0 Å². The zero-order valence-corrected chi connectivity index (χ0v) is 21.0. The van der Waals surface area contributed by atoms with E-state index in [1.165, 1.54) is 0 Å². The van der Waals surface area contributed by atoms with Crippen LogP contribution in [0.15, 0.2) is 97.5 Å². The standard InChI is InChI=1S/C29H34N6/c1-7-27(30)24(13-20(4)25-15-26(18-32-17-25)34-19(2)3)14-21(5)35-28-10-12-33-29(22(28)6)23-9-8-11-31-16-23/h7-13,15-19,34H,4-5,14,30H2,1-3,6H3,(H,33,35)/b24-13-,27-7+. The van der Waals surface area contributed by atoms with E-state index in [-0.39, 0.29) is 0 Å². The summed E-state index contributed by atoms with van der Waals surface area (Å²) >= 11 is 0. The van der Waals surface area contributed by atoms with Gasteiger partial charge in [0.2, 0.25) is 0 Å². The number of nitrogens with two attached hydrogens (primary N) is 1. The third-order valence-corrected chi connectivity index (χ3v) is 5.45. The van der Waals surface area contributed by atoms with Gasteiger partial charge in [0, 0.05) is 71.7 Å². The summed E-state index contributed by atoms with van der Waals surface area (Å²) in [7, 11) is 0. The van der Waals surface area contributed by atoms with E-state index >= 15 is 0 Å². The van der Waals surface area contributed by atoms with Crippen molar-refractivity contribution in [2.45, 2.75) is 40.2 Å². The lowest BCUT2D eigenvalue weighted by molar-refractivity contribution is 0.897. The van der Waals surface area contributed by atoms with E-state index in [2.05, 4.69) is 52.6 Å². The second-order valence-corrected chi connectivity index (χ2v) is 8.68. The van der Waals surface area contributed by atoms with Crippen LogP contribution in [0.4, 0.5) is 11.4 Å². The molecule has 0 saturated heterocycles. The average Bonchev–Trinajstić information content (AvgIpc) is 2.84. The van der Waals surface area contributed by atoms with Gasteiger partial charge in [0.15, 0.2) is 0 Å². The van der Waals surface area contributed by atoms with Gasteiger partial charge in [-0.2, -0.15) is 0 Å². The average molecular weight is 467 g/mol. The molecular formula is C29H34N6. The largest absolute Gasteiger partial charge is 0.399 e. The molecule has 6 nitrogen and oxygen atoms in total. The highest BCUT2D eigenvalue weighted by atomic mass is 14.9. The Kier molecular flexibility index (Phi) is 8.57. The van der Waals surface area contributed by atoms with E-state index in [1.54, 1.807) is 18.6 Å². The van der Waals surface area contributed by atoms with E-state index in [1.807, 2.05) is 62.7 Å². The molecule has 3 heterocycles. The van der Waals surface area contributed by atoms with Gasteiger partial charge in [0.25, 0.3) is 0 Å². The van der Waals surface area contributed by atoms with Crippen LogP contribution in [0.5, 0.6) is 0 Å². The highest BCUT2D eigenvalue weighted by molar-refractivity contribution is 5.75. The number of hydrogen-bond acceptors (Lipinski definition) is 6. The van der Waals surface area contributed by atoms with E-state index in [4.69, 9.17) is 5.73 Å². The maximum absolute atomic E-state index is 6.35. The van der Waals surface area contributed by atoms with E-state index in [9.17, 15) is 0 Å². The van der Waals surface area contributed by atoms with Gasteiger partial charge in [0.1, 0.15) is 0 Å². The lowest BCUT2D eigenvalue weighted by atomic mass is 10.0. The van der Waals surface area contributed by atoms with Crippen LogP contribution < -0.4 is 16.4 Å². The SMILES string of the molecule is C=C(CC(=C/C(=C)c1cncc(NC(C)C)c1)/C(N)=C\C)Nc1ccnc(-c2cccnc2)c1C. The Morgan fingerprint density at radius 1 is 1.11 bits per heavy atom. The summed E-state index contributed by atoms with van der Waals surface area (Å²) in [5, 5.41) is 6.82. The topological polar surface area (TPSA) is 88.8 Å². The number of rotatable bonds is 10. The predicted molar refractivity (Wildman–Crippen MR) is 148 cm³/mol. The van der Waals surface area contributed by atoms with Crippen LogP contribution in [0.1, 0.15) is 38.3 Å². The van der Waals surface area contributed by atoms with Crippen molar-refractivity contribution >= 4 is 16.9 Å². The van der Waals surface area contributed by atoms with Gasteiger partial charge in [-0.15, -0.1) is 0 Å². The Labute approximate surface area is 208 Å². The Morgan fingerprint density at radius 3 is 2.60 bits per heavy atom. The van der Waals surface area contributed by atoms with Crippen molar-refractivity contribution in [2.75, 3.05) is 10.6 Å². The highest BCUT2D eigenvalue weighted by Crippen LogP contribution is 2.28. The quantitative estimate of drug-likeness (QED) is 0.296. The van der Waals surface area contributed by atoms with Crippen molar-refractivity contribution in [3.63, 3.8) is 0 Å². The molecule has 3 aromatic rings. The lowest BCUT2D eigenvalue weighted by Crippen LogP contribution is -2.10. The van der Waals surface area contributed by atoms with Crippen molar-refractivity contribution in [3.05, 3.63) is 109 Å². The molecule has 0 amide bonds. The van der Waals surface area contributed by atoms with Crippen LogP contribution >= 0.6 is 0 Å². The van der Waals surface area contributed by atoms with E-state index < -0.39 is 0 Å². The fourth-order valence-electron chi connectivity index (χ4n) is 3.67. The molecule has 35 heavy (non-hydrogen) atoms. The first-order valence-corrected chi connectivity index (χ1v) is 11.6. The molecule has 0 aliphatic heterocycles. The Bertz CT molecular complexity index is 1260. The highest BCUT2D eigenvalue weighted by Gasteiger charge is 2.11. The molecule has 3 rings (SSSR count). The normalized spacial score (nSPS) is 11.9. The minimum atomic E-state index is 0.315. The van der Waals surface area contributed by atoms with E-state index in [0.717, 1.165) is 50.6 Å². The number of aromatic nitrogens is 3. The molecule has 0 aliphatic rings. The van der Waals surface area contributed by atoms with Gasteiger partial charge >= 0.3 is 0 Å². The molecule has 0 aliphatic carbocycles. The molecule has 6 heteroatoms. The van der Waals surface area contributed by atoms with Crippen molar-refractivity contribution in [1.82, 2.24) is 15.0 Å². The zero-order chi connectivity index (χ0) is 25.4. The maximum atomic E-state index is 6.35. The summed E-state index contributed by atoms with van der Waals surface area (Å²) in [5.41, 5.74) is 15.3. The van der Waals surface area contributed by atoms with Crippen LogP contribution in [0.3, 0.4) is 0 Å². The third-order valence-electron chi connectivity index (χ3n) is 5.45. The first kappa shape index (κ1) is 25.4. The molecule has 0 fully saturated rings. The smallest absolute Gasteiger partial charge is 0.0767 e. The van der Waals surface area contributed by atoms with Crippen LogP contribution in [0.2, 0.25) is 0 Å². The molecular weight excluding hydrogens is 432 g/mol. The molecule has 0 radical (unpaired) electrons. The van der Waals surface area contributed by atoms with Gasteiger partial charge in [-0.05, 0) is 74.7 Å². The fraction of sp³-hybridized carbons (Fsp3) is 0.207. The number of nitrogens with one attached hydrogen (secondary N) is 2. The summed E-state index contributed by atoms with van der Waals surface area (Å²) in [5.74, 6) is 0. The Balaban J connectivity index is 1.80. The Morgan fingerprint density at radius 2 is 1.91 bits per heavy atom. The van der Waals surface area contributed by atoms with Crippen LogP contribution in [-0.4, -0.2) is 21.0 Å². The lowest BCUT2D eigenvalue weighted by Gasteiger charge is -2.17. The van der Waals surface area contributed by atoms with E-state index in [0.29, 0.717) is 18.2 Å². The summed E-state index contributed by atoms with van der Waals surface area (Å²) < 4.78 is 0. The van der Waals surface area contributed by atoms with Crippen LogP contribution in [-0.2, 0) is 0 Å². The van der Waals surface area contributed by atoms with Gasteiger partial charge in [-0.25, -0.2) is 0 Å². The number of nitrogens with zero attached hydrogens (tertiary/aromatic N) is 3. The number of hydrogen-bond donors (Lipinski definition) is 3. The minimum absolute atomic E-state index is 0.315. The van der Waals surface area contributed by atoms with Gasteiger partial charge in [0.05, 0.1) is 11.4 Å². The van der Waals surface area contributed by atoms with Crippen molar-refractivity contribution in [3.8, 4) is 11.3 Å². The minimum Gasteiger partial charge on any atom is -0.399 e. The molecule has 0 spiro atoms. The predicted octanol–water partition coefficient (Wildman–Crippen LogP) is 6.49. The van der Waals surface area contributed by atoms with Crippen LogP contribution in [0, 0.1) is 6.92 Å². The molecule has 0 unspecified atom stereocenters. The molecule has 0 aromatic carbocycles. The summed E-state index contributed by atoms with van der Waals surface area (Å²) in [6.07, 6.45) is 13.4. The summed E-state index contributed by atoms with van der Waals surface area (Å²) in [4.78, 5) is 13.1. The maximum Gasteiger partial charge on any atom is 0.0767 e. The first-order valence-electron chi connectivity index (χ1n) is 11.6. The first-order chi connectivity index (χ1) is 16.8. The number of pyridine rings is 3. The molecule has 3 aromatic heterocycles. The summed E-state index contributed by atoms with van der Waals surface area (Å²) in [6.45, 7) is 16.7. The number of allylic oxidation sites excluding steroid dienone is 5. The molecule has 0 saturated carbocycles. The molecule has 0 atom stereocenters. The molecule has 0 bridgehead atoms. The second kappa shape index (κ2) is 11.8. The second-order valence-electron chi connectivity index (χ2n) is 8.68. The van der Waals surface area contributed by atoms with Crippen molar-refractivity contribution in [1.29, 1.82) is 0 Å². The van der Waals surface area contributed by atoms with Crippen molar-refractivity contribution in [2.24, 2.45) is 5.73 Å². The monoisotopic (exact) mass is 466 g/mol. The van der Waals surface area contributed by atoms with Crippen LogP contribution in [0.25, 0.3) is 16.8 Å². The molecule has 4 N–H and O–H groups in total. The number of anilines is 2. The summed E-state index contributed by atoms with van der Waals surface area (Å²) in [6, 6.07) is 8.21.